The van der Waals surface area contributed by atoms with Crippen LogP contribution in [0.25, 0.3) is 21.8 Å². The fourth-order valence-corrected chi connectivity index (χ4v) is 7.99. The summed E-state index contributed by atoms with van der Waals surface area (Å²) in [5.41, 5.74) is 1.41. The van der Waals surface area contributed by atoms with Gasteiger partial charge in [-0.1, -0.05) is 72.8 Å². The molecule has 8 aromatic rings. The van der Waals surface area contributed by atoms with Gasteiger partial charge in [0.1, 0.15) is 22.9 Å². The molecule has 4 heterocycles. The molecular weight excluding hydrogens is 811 g/mol. The highest BCUT2D eigenvalue weighted by Crippen LogP contribution is 2.48. The van der Waals surface area contributed by atoms with Crippen molar-refractivity contribution in [3.63, 3.8) is 0 Å². The number of aromatic nitrogens is 4. The average molecular weight is 849 g/mol. The molecule has 4 aromatic carbocycles. The van der Waals surface area contributed by atoms with E-state index in [2.05, 4.69) is 30.6 Å². The highest BCUT2D eigenvalue weighted by molar-refractivity contribution is 6.01. The third-order valence-corrected chi connectivity index (χ3v) is 10.9. The third kappa shape index (κ3) is 8.25. The first-order valence-corrected chi connectivity index (χ1v) is 19.4. The van der Waals surface area contributed by atoms with Gasteiger partial charge in [-0.25, -0.2) is 0 Å². The topological polar surface area (TPSA) is 117 Å². The van der Waals surface area contributed by atoms with Crippen LogP contribution in [0.2, 0.25) is 0 Å². The second-order valence-corrected chi connectivity index (χ2v) is 14.5. The van der Waals surface area contributed by atoms with Gasteiger partial charge in [-0.3, -0.25) is 14.8 Å². The van der Waals surface area contributed by atoms with Gasteiger partial charge in [0.2, 0.25) is 0 Å². The molecule has 4 atom stereocenters. The molecule has 0 radical (unpaired) electrons. The number of methoxy groups -OCH3 is 2. The van der Waals surface area contributed by atoms with Gasteiger partial charge in [0.15, 0.2) is 5.78 Å². The van der Waals surface area contributed by atoms with Gasteiger partial charge >= 0.3 is 12.4 Å². The molecule has 0 aliphatic rings. The van der Waals surface area contributed by atoms with E-state index in [4.69, 9.17) is 9.47 Å². The molecule has 62 heavy (non-hydrogen) atoms. The summed E-state index contributed by atoms with van der Waals surface area (Å²) in [5, 5.41) is 8.20. The number of hydrogen-bond acceptors (Lipinski definition) is 7. The van der Waals surface area contributed by atoms with Crippen LogP contribution in [0, 0.1) is 0 Å². The van der Waals surface area contributed by atoms with E-state index in [0.29, 0.717) is 55.8 Å². The van der Waals surface area contributed by atoms with Crippen molar-refractivity contribution >= 4 is 39.0 Å². The van der Waals surface area contributed by atoms with Crippen LogP contribution in [0.5, 0.6) is 11.5 Å². The quantitative estimate of drug-likeness (QED) is 0.0805. The first-order chi connectivity index (χ1) is 29.9. The average Bonchev–Trinajstić information content (AvgIpc) is 3.90. The fraction of sp³-hybridized carbons (Fsp3) is 0.170. The Labute approximate surface area is 351 Å². The minimum absolute atomic E-state index is 0.232. The lowest BCUT2D eigenvalue weighted by molar-refractivity contribution is -0.142. The van der Waals surface area contributed by atoms with Crippen molar-refractivity contribution in [1.29, 1.82) is 0 Å². The second-order valence-electron chi connectivity index (χ2n) is 14.5. The monoisotopic (exact) mass is 848 g/mol. The molecule has 0 aliphatic heterocycles. The van der Waals surface area contributed by atoms with Gasteiger partial charge in [0.05, 0.1) is 49.5 Å². The van der Waals surface area contributed by atoms with Crippen LogP contribution in [-0.4, -0.2) is 39.9 Å². The number of nitrogens with zero attached hydrogens (tertiary/aromatic N) is 2. The zero-order chi connectivity index (χ0) is 43.6. The van der Waals surface area contributed by atoms with Crippen LogP contribution < -0.4 is 20.1 Å². The second kappa shape index (κ2) is 17.0. The number of rotatable bonds is 14. The van der Waals surface area contributed by atoms with Crippen molar-refractivity contribution in [2.45, 2.75) is 36.3 Å². The molecule has 0 aliphatic carbocycles. The summed E-state index contributed by atoms with van der Waals surface area (Å²) in [6.07, 6.45) is -3.92. The Hall–Kier alpha value is -7.29. The number of halogens is 6. The van der Waals surface area contributed by atoms with E-state index in [1.54, 1.807) is 73.1 Å². The minimum atomic E-state index is -4.75. The number of carbonyl (C=O) groups excluding carboxylic acids is 1. The van der Waals surface area contributed by atoms with Crippen molar-refractivity contribution in [3.05, 3.63) is 180 Å². The summed E-state index contributed by atoms with van der Waals surface area (Å²) in [5.74, 6) is -2.15. The van der Waals surface area contributed by atoms with Crippen molar-refractivity contribution in [3.8, 4) is 11.5 Å². The van der Waals surface area contributed by atoms with Gasteiger partial charge in [-0.2, -0.15) is 26.3 Å². The summed E-state index contributed by atoms with van der Waals surface area (Å²) in [6.45, 7) is 0. The first kappa shape index (κ1) is 41.4. The Bertz CT molecular complexity index is 2630. The smallest absolute Gasteiger partial charge is 0.433 e. The highest BCUT2D eigenvalue weighted by atomic mass is 19.4. The highest BCUT2D eigenvalue weighted by Gasteiger charge is 2.44. The Morgan fingerprint density at radius 3 is 1.31 bits per heavy atom. The largest absolute Gasteiger partial charge is 0.495 e. The summed E-state index contributed by atoms with van der Waals surface area (Å²) < 4.78 is 95.2. The number of ether oxygens (including phenoxy) is 2. The normalized spacial score (nSPS) is 13.9. The molecule has 0 fully saturated rings. The Kier molecular flexibility index (Phi) is 11.4. The fourth-order valence-electron chi connectivity index (χ4n) is 7.99. The van der Waals surface area contributed by atoms with Crippen molar-refractivity contribution in [2.75, 3.05) is 24.9 Å². The minimum Gasteiger partial charge on any atom is -0.495 e. The van der Waals surface area contributed by atoms with E-state index in [9.17, 15) is 26.3 Å². The SMILES string of the molecule is COc1ccccc1NC(c1ccc(C(F)(F)F)nc1)C(C(=O)C(c1c[nH]c2ccccc12)C(Nc1ccccc1OC)c1ccc(C(F)(F)F)nc1)c1c[nH]c2ccccc12. The molecule has 316 valence electrons. The Morgan fingerprint density at radius 1 is 0.548 bits per heavy atom. The summed E-state index contributed by atoms with van der Waals surface area (Å²) in [4.78, 5) is 30.7. The number of anilines is 2. The van der Waals surface area contributed by atoms with E-state index >= 15 is 4.79 Å². The molecular formula is C47H38F6N6O3. The van der Waals surface area contributed by atoms with Gasteiger partial charge in [0, 0.05) is 46.6 Å². The molecule has 8 rings (SSSR count). The Morgan fingerprint density at radius 2 is 0.935 bits per heavy atom. The maximum atomic E-state index is 16.5. The van der Waals surface area contributed by atoms with Crippen molar-refractivity contribution in [1.82, 2.24) is 19.9 Å². The number of fused-ring (bicyclic) bond motifs is 2. The van der Waals surface area contributed by atoms with E-state index in [-0.39, 0.29) is 11.1 Å². The number of aromatic amines is 2. The molecule has 0 spiro atoms. The molecule has 9 nitrogen and oxygen atoms in total. The standard InChI is InChI=1S/C47H38F6N6O3/c1-61-37-17-9-7-15-35(37)58-43(27-19-21-39(56-23-27)46(48,49)50)41(31-25-54-33-13-5-3-11-29(31)33)45(60)42(32-26-55-34-14-6-4-12-30(32)34)44(59-36-16-8-10-18-38(36)62-2)28-20-22-40(57-24-28)47(51,52)53/h3-26,41-44,54-55,58-59H,1-2H3. The lowest BCUT2D eigenvalue weighted by atomic mass is 9.73. The molecule has 0 amide bonds. The van der Waals surface area contributed by atoms with E-state index in [0.717, 1.165) is 24.5 Å². The Balaban J connectivity index is 1.41. The zero-order valence-corrected chi connectivity index (χ0v) is 33.1. The van der Waals surface area contributed by atoms with E-state index in [1.807, 2.05) is 36.4 Å². The number of nitrogens with one attached hydrogen (secondary N) is 4. The number of para-hydroxylation sites is 6. The van der Waals surface area contributed by atoms with Crippen LogP contribution in [0.1, 0.15) is 57.6 Å². The van der Waals surface area contributed by atoms with Gasteiger partial charge in [-0.15, -0.1) is 0 Å². The summed E-state index contributed by atoms with van der Waals surface area (Å²) >= 11 is 0. The number of alkyl halides is 6. The summed E-state index contributed by atoms with van der Waals surface area (Å²) in [6, 6.07) is 30.4. The molecule has 4 N–H and O–H groups in total. The molecule has 0 saturated heterocycles. The molecule has 0 bridgehead atoms. The van der Waals surface area contributed by atoms with Crippen LogP contribution in [0.3, 0.4) is 0 Å². The first-order valence-electron chi connectivity index (χ1n) is 19.4. The van der Waals surface area contributed by atoms with Gasteiger partial charge in [0.25, 0.3) is 0 Å². The maximum absolute atomic E-state index is 16.5. The molecule has 0 saturated carbocycles. The number of hydrogen-bond donors (Lipinski definition) is 4. The molecule has 4 unspecified atom stereocenters. The number of ketones is 1. The zero-order valence-electron chi connectivity index (χ0n) is 33.1. The van der Waals surface area contributed by atoms with Crippen molar-refractivity contribution in [2.24, 2.45) is 0 Å². The summed E-state index contributed by atoms with van der Waals surface area (Å²) in [7, 11) is 2.94. The predicted octanol–water partition coefficient (Wildman–Crippen LogP) is 11.6. The molecule has 4 aromatic heterocycles. The number of benzene rings is 4. The van der Waals surface area contributed by atoms with Gasteiger partial charge < -0.3 is 30.1 Å². The number of pyridine rings is 2. The lowest BCUT2D eigenvalue weighted by Crippen LogP contribution is -2.34. The van der Waals surface area contributed by atoms with E-state index in [1.165, 1.54) is 26.4 Å². The molecule has 15 heteroatoms. The maximum Gasteiger partial charge on any atom is 0.433 e. The number of H-pyrrole nitrogens is 2. The third-order valence-electron chi connectivity index (χ3n) is 10.9. The lowest BCUT2D eigenvalue weighted by Gasteiger charge is -2.35. The van der Waals surface area contributed by atoms with E-state index < -0.39 is 53.4 Å². The van der Waals surface area contributed by atoms with Crippen molar-refractivity contribution < 1.29 is 40.6 Å². The van der Waals surface area contributed by atoms with Crippen LogP contribution in [0.4, 0.5) is 37.7 Å². The number of carbonyl (C=O) groups is 1. The van der Waals surface area contributed by atoms with Gasteiger partial charge in [-0.05, 0) is 70.8 Å². The van der Waals surface area contributed by atoms with Crippen LogP contribution in [-0.2, 0) is 17.1 Å². The van der Waals surface area contributed by atoms with Crippen LogP contribution in [0.15, 0.2) is 146 Å². The number of Topliss-reactive ketones (excluding diaryl/α,β-unsaturated/α-hetero) is 1. The van der Waals surface area contributed by atoms with Crippen LogP contribution >= 0.6 is 0 Å². The predicted molar refractivity (Wildman–Crippen MR) is 224 cm³/mol.